The molecule has 0 fully saturated rings. The molecule has 6 heteroatoms. The van der Waals surface area contributed by atoms with Gasteiger partial charge in [0.25, 0.3) is 5.91 Å². The zero-order valence-electron chi connectivity index (χ0n) is 20.3. The number of halogens is 1. The SMILES string of the molecule is COC(=O)C1=C(C)N(CCC2=CCCCC2)C(=O)/C1=C/c1cc(C)n(-c2ccc(F)cc2)c1C. The summed E-state index contributed by atoms with van der Waals surface area (Å²) in [7, 11) is 1.33. The highest BCUT2D eigenvalue weighted by atomic mass is 19.1. The highest BCUT2D eigenvalue weighted by Gasteiger charge is 2.37. The van der Waals surface area contributed by atoms with Gasteiger partial charge >= 0.3 is 5.97 Å². The molecule has 2 heterocycles. The number of carbonyl (C=O) groups excluding carboxylic acids is 2. The third kappa shape index (κ3) is 4.49. The second-order valence-electron chi connectivity index (χ2n) is 8.96. The van der Waals surface area contributed by atoms with Crippen LogP contribution in [0.15, 0.2) is 58.8 Å². The molecule has 5 nitrogen and oxygen atoms in total. The molecule has 1 aromatic heterocycles. The van der Waals surface area contributed by atoms with E-state index in [-0.39, 0.29) is 11.7 Å². The van der Waals surface area contributed by atoms with Crippen LogP contribution in [-0.4, -0.2) is 35.0 Å². The van der Waals surface area contributed by atoms with E-state index in [1.54, 1.807) is 23.1 Å². The molecule has 0 bridgehead atoms. The molecule has 1 aliphatic carbocycles. The standard InChI is InChI=1S/C28H31FN2O3/c1-18-16-22(19(2)31(18)24-12-10-23(29)11-13-24)17-25-26(28(33)34-4)20(3)30(27(25)32)15-14-21-8-6-5-7-9-21/h8,10-13,16-17H,5-7,9,14-15H2,1-4H3/b25-17+. The average molecular weight is 463 g/mol. The third-order valence-corrected chi connectivity index (χ3v) is 6.80. The number of rotatable bonds is 6. The number of aryl methyl sites for hydroxylation is 1. The van der Waals surface area contributed by atoms with E-state index in [0.717, 1.165) is 41.9 Å². The number of benzene rings is 1. The number of methoxy groups -OCH3 is 1. The van der Waals surface area contributed by atoms with Gasteiger partial charge in [0.1, 0.15) is 5.82 Å². The first kappa shape index (κ1) is 23.7. The van der Waals surface area contributed by atoms with Crippen molar-refractivity contribution in [3.63, 3.8) is 0 Å². The van der Waals surface area contributed by atoms with Crippen LogP contribution < -0.4 is 0 Å². The maximum atomic E-state index is 13.5. The van der Waals surface area contributed by atoms with Crippen LogP contribution in [0.2, 0.25) is 0 Å². The summed E-state index contributed by atoms with van der Waals surface area (Å²) in [5.74, 6) is -0.984. The number of allylic oxidation sites excluding steroid dienone is 2. The monoisotopic (exact) mass is 462 g/mol. The van der Waals surface area contributed by atoms with Crippen LogP contribution >= 0.6 is 0 Å². The van der Waals surface area contributed by atoms with Gasteiger partial charge in [-0.25, -0.2) is 9.18 Å². The lowest BCUT2D eigenvalue weighted by Crippen LogP contribution is -2.26. The Labute approximate surface area is 200 Å². The quantitative estimate of drug-likeness (QED) is 0.310. The lowest BCUT2D eigenvalue weighted by molar-refractivity contribution is -0.136. The number of carbonyl (C=O) groups is 2. The van der Waals surface area contributed by atoms with Crippen LogP contribution in [0.1, 0.15) is 56.0 Å². The maximum absolute atomic E-state index is 13.5. The van der Waals surface area contributed by atoms with Crippen molar-refractivity contribution in [2.45, 2.75) is 52.9 Å². The molecule has 0 saturated carbocycles. The number of hydrogen-bond acceptors (Lipinski definition) is 3. The van der Waals surface area contributed by atoms with E-state index in [9.17, 15) is 14.0 Å². The Balaban J connectivity index is 1.69. The summed E-state index contributed by atoms with van der Waals surface area (Å²) in [5.41, 5.74) is 6.19. The van der Waals surface area contributed by atoms with E-state index in [2.05, 4.69) is 6.08 Å². The number of esters is 1. The van der Waals surface area contributed by atoms with Crippen LogP contribution in [0.25, 0.3) is 11.8 Å². The molecule has 2 aromatic rings. The van der Waals surface area contributed by atoms with Gasteiger partial charge in [-0.1, -0.05) is 11.6 Å². The summed E-state index contributed by atoms with van der Waals surface area (Å²) in [4.78, 5) is 27.9. The average Bonchev–Trinajstić information content (AvgIpc) is 3.24. The fourth-order valence-corrected chi connectivity index (χ4v) is 4.96. The number of hydrogen-bond donors (Lipinski definition) is 0. The molecule has 0 radical (unpaired) electrons. The first-order valence-electron chi connectivity index (χ1n) is 11.8. The molecule has 1 aliphatic heterocycles. The summed E-state index contributed by atoms with van der Waals surface area (Å²) >= 11 is 0. The first-order valence-corrected chi connectivity index (χ1v) is 11.8. The Kier molecular flexibility index (Phi) is 6.87. The van der Waals surface area contributed by atoms with E-state index in [0.29, 0.717) is 23.4 Å². The van der Waals surface area contributed by atoms with Crippen molar-refractivity contribution < 1.29 is 18.7 Å². The molecule has 178 valence electrons. The number of nitrogens with zero attached hydrogens (tertiary/aromatic N) is 2. The van der Waals surface area contributed by atoms with Gasteiger partial charge in [-0.2, -0.15) is 0 Å². The Morgan fingerprint density at radius 2 is 1.88 bits per heavy atom. The normalized spacial score (nSPS) is 17.6. The van der Waals surface area contributed by atoms with Crippen molar-refractivity contribution in [1.82, 2.24) is 9.47 Å². The molecule has 34 heavy (non-hydrogen) atoms. The van der Waals surface area contributed by atoms with Gasteiger partial charge in [0.05, 0.1) is 18.3 Å². The molecule has 1 amide bonds. The molecule has 0 unspecified atom stereocenters. The van der Waals surface area contributed by atoms with Crippen LogP contribution in [0.3, 0.4) is 0 Å². The van der Waals surface area contributed by atoms with Gasteiger partial charge in [0, 0.05) is 29.3 Å². The van der Waals surface area contributed by atoms with Gasteiger partial charge in [-0.05, 0) is 94.8 Å². The zero-order valence-corrected chi connectivity index (χ0v) is 20.3. The predicted octanol–water partition coefficient (Wildman–Crippen LogP) is 5.80. The van der Waals surface area contributed by atoms with Crippen molar-refractivity contribution >= 4 is 18.0 Å². The minimum Gasteiger partial charge on any atom is -0.465 e. The smallest absolute Gasteiger partial charge is 0.340 e. The first-order chi connectivity index (χ1) is 16.3. The minimum absolute atomic E-state index is 0.180. The molecular weight excluding hydrogens is 431 g/mol. The molecule has 0 atom stereocenters. The Bertz CT molecular complexity index is 1220. The molecule has 4 rings (SSSR count). The van der Waals surface area contributed by atoms with Crippen LogP contribution in [-0.2, 0) is 14.3 Å². The molecule has 0 N–H and O–H groups in total. The van der Waals surface area contributed by atoms with E-state index in [1.807, 2.05) is 31.4 Å². The van der Waals surface area contributed by atoms with Crippen LogP contribution in [0.5, 0.6) is 0 Å². The van der Waals surface area contributed by atoms with Crippen molar-refractivity contribution in [2.75, 3.05) is 13.7 Å². The van der Waals surface area contributed by atoms with Gasteiger partial charge in [0.15, 0.2) is 0 Å². The van der Waals surface area contributed by atoms with Gasteiger partial charge < -0.3 is 14.2 Å². The Morgan fingerprint density at radius 1 is 1.15 bits per heavy atom. The summed E-state index contributed by atoms with van der Waals surface area (Å²) in [6, 6.07) is 8.26. The van der Waals surface area contributed by atoms with Gasteiger partial charge in [-0.15, -0.1) is 0 Å². The van der Waals surface area contributed by atoms with Crippen molar-refractivity contribution in [2.24, 2.45) is 0 Å². The van der Waals surface area contributed by atoms with E-state index < -0.39 is 5.97 Å². The number of ether oxygens (including phenoxy) is 1. The fourth-order valence-electron chi connectivity index (χ4n) is 4.96. The number of aromatic nitrogens is 1. The van der Waals surface area contributed by atoms with Crippen molar-refractivity contribution in [3.8, 4) is 5.69 Å². The van der Waals surface area contributed by atoms with E-state index in [1.165, 1.54) is 37.7 Å². The van der Waals surface area contributed by atoms with Gasteiger partial charge in [0.2, 0.25) is 0 Å². The molecule has 0 saturated heterocycles. The topological polar surface area (TPSA) is 51.5 Å². The third-order valence-electron chi connectivity index (χ3n) is 6.80. The Hall–Kier alpha value is -3.41. The van der Waals surface area contributed by atoms with Crippen molar-refractivity contribution in [3.05, 3.63) is 81.6 Å². The fraction of sp³-hybridized carbons (Fsp3) is 0.357. The second-order valence-corrected chi connectivity index (χ2v) is 8.96. The van der Waals surface area contributed by atoms with E-state index in [4.69, 9.17) is 4.74 Å². The largest absolute Gasteiger partial charge is 0.465 e. The molecule has 1 aromatic carbocycles. The summed E-state index contributed by atoms with van der Waals surface area (Å²) in [5, 5.41) is 0. The zero-order chi connectivity index (χ0) is 24.4. The lowest BCUT2D eigenvalue weighted by atomic mass is 9.97. The molecular formula is C28H31FN2O3. The summed E-state index contributed by atoms with van der Waals surface area (Å²) in [6.45, 7) is 6.26. The highest BCUT2D eigenvalue weighted by Crippen LogP contribution is 2.34. The molecule has 2 aliphatic rings. The summed E-state index contributed by atoms with van der Waals surface area (Å²) in [6.07, 6.45) is 9.46. The summed E-state index contributed by atoms with van der Waals surface area (Å²) < 4.78 is 20.5. The van der Waals surface area contributed by atoms with Gasteiger partial charge in [-0.3, -0.25) is 4.79 Å². The van der Waals surface area contributed by atoms with Crippen LogP contribution in [0, 0.1) is 19.7 Å². The minimum atomic E-state index is -0.510. The van der Waals surface area contributed by atoms with Crippen molar-refractivity contribution in [1.29, 1.82) is 0 Å². The number of amides is 1. The lowest BCUT2D eigenvalue weighted by Gasteiger charge is -2.20. The molecule has 0 spiro atoms. The predicted molar refractivity (Wildman–Crippen MR) is 131 cm³/mol. The Morgan fingerprint density at radius 3 is 2.53 bits per heavy atom. The maximum Gasteiger partial charge on any atom is 0.340 e. The van der Waals surface area contributed by atoms with E-state index >= 15 is 0 Å². The highest BCUT2D eigenvalue weighted by molar-refractivity contribution is 6.16. The second kappa shape index (κ2) is 9.84. The van der Waals surface area contributed by atoms with Crippen LogP contribution in [0.4, 0.5) is 4.39 Å².